The van der Waals surface area contributed by atoms with Crippen LogP contribution in [0.1, 0.15) is 42.4 Å². The summed E-state index contributed by atoms with van der Waals surface area (Å²) in [6.07, 6.45) is 0. The van der Waals surface area contributed by atoms with Crippen molar-refractivity contribution in [3.63, 3.8) is 0 Å². The van der Waals surface area contributed by atoms with Gasteiger partial charge in [-0.05, 0) is 58.0 Å². The van der Waals surface area contributed by atoms with E-state index in [2.05, 4.69) is 22.3 Å². The molecule has 3 aromatic rings. The Bertz CT molecular complexity index is 1240. The standard InChI is InChI=1S/C26H28Cl2N4O2.ClH/c1-17-23(25(33)30-26(2,3)4)31-32(24(17)19-8-10-20(27)11-9-19)22-12-7-18(16-21(22)28)6-5-14-34-15-13-29;/h7-12,16H,13-15,29H2,1-4H3,(H,30,33);1H. The molecule has 9 heteroatoms. The van der Waals surface area contributed by atoms with Gasteiger partial charge < -0.3 is 15.8 Å². The van der Waals surface area contributed by atoms with Gasteiger partial charge in [-0.3, -0.25) is 4.79 Å². The minimum Gasteiger partial charge on any atom is -0.367 e. The average molecular weight is 536 g/mol. The summed E-state index contributed by atoms with van der Waals surface area (Å²) in [4.78, 5) is 13.0. The number of amides is 1. The Kier molecular flexibility index (Phi) is 10.2. The van der Waals surface area contributed by atoms with Gasteiger partial charge in [0, 0.05) is 33.8 Å². The number of hydrogen-bond acceptors (Lipinski definition) is 4. The molecule has 0 unspecified atom stereocenters. The molecule has 0 radical (unpaired) electrons. The minimum absolute atomic E-state index is 0. The smallest absolute Gasteiger partial charge is 0.272 e. The molecule has 2 aromatic carbocycles. The van der Waals surface area contributed by atoms with Crippen molar-refractivity contribution in [3.05, 3.63) is 69.3 Å². The van der Waals surface area contributed by atoms with Crippen LogP contribution in [0, 0.1) is 18.8 Å². The Labute approximate surface area is 222 Å². The van der Waals surface area contributed by atoms with Crippen molar-refractivity contribution >= 4 is 41.5 Å². The number of aromatic nitrogens is 2. The van der Waals surface area contributed by atoms with Crippen LogP contribution in [0.25, 0.3) is 16.9 Å². The molecular formula is C26H29Cl3N4O2. The van der Waals surface area contributed by atoms with E-state index in [0.29, 0.717) is 41.2 Å². The average Bonchev–Trinajstić information content (AvgIpc) is 3.10. The predicted octanol–water partition coefficient (Wildman–Crippen LogP) is 5.43. The van der Waals surface area contributed by atoms with E-state index in [0.717, 1.165) is 22.4 Å². The molecule has 1 heterocycles. The van der Waals surface area contributed by atoms with Crippen molar-refractivity contribution in [3.8, 4) is 28.8 Å². The fraction of sp³-hybridized carbons (Fsp3) is 0.308. The summed E-state index contributed by atoms with van der Waals surface area (Å²) in [6, 6.07) is 12.8. The van der Waals surface area contributed by atoms with Crippen molar-refractivity contribution in [2.45, 2.75) is 33.2 Å². The maximum absolute atomic E-state index is 13.0. The Balaban J connectivity index is 0.00000432. The molecule has 1 amide bonds. The second kappa shape index (κ2) is 12.4. The second-order valence-corrected chi connectivity index (χ2v) is 9.60. The maximum Gasteiger partial charge on any atom is 0.272 e. The summed E-state index contributed by atoms with van der Waals surface area (Å²) in [5.74, 6) is 5.71. The first-order valence-corrected chi connectivity index (χ1v) is 11.6. The van der Waals surface area contributed by atoms with Crippen molar-refractivity contribution in [1.82, 2.24) is 15.1 Å². The van der Waals surface area contributed by atoms with Gasteiger partial charge in [-0.2, -0.15) is 5.10 Å². The van der Waals surface area contributed by atoms with Gasteiger partial charge in [-0.15, -0.1) is 12.4 Å². The van der Waals surface area contributed by atoms with Gasteiger partial charge >= 0.3 is 0 Å². The van der Waals surface area contributed by atoms with Crippen LogP contribution in [-0.4, -0.2) is 41.0 Å². The highest BCUT2D eigenvalue weighted by molar-refractivity contribution is 6.32. The molecule has 0 fully saturated rings. The van der Waals surface area contributed by atoms with E-state index in [1.165, 1.54) is 0 Å². The van der Waals surface area contributed by atoms with E-state index in [1.54, 1.807) is 22.9 Å². The largest absolute Gasteiger partial charge is 0.367 e. The van der Waals surface area contributed by atoms with Gasteiger partial charge in [0.1, 0.15) is 6.61 Å². The summed E-state index contributed by atoms with van der Waals surface area (Å²) in [6.45, 7) is 8.87. The third-order valence-electron chi connectivity index (χ3n) is 4.79. The van der Waals surface area contributed by atoms with Gasteiger partial charge in [-0.1, -0.05) is 47.2 Å². The molecule has 186 valence electrons. The molecule has 0 aliphatic rings. The van der Waals surface area contributed by atoms with E-state index >= 15 is 0 Å². The minimum atomic E-state index is -0.403. The molecule has 3 N–H and O–H groups in total. The maximum atomic E-state index is 13.0. The number of nitrogens with zero attached hydrogens (tertiary/aromatic N) is 2. The normalized spacial score (nSPS) is 10.8. The first kappa shape index (κ1) is 28.7. The number of halogens is 3. The monoisotopic (exact) mass is 534 g/mol. The van der Waals surface area contributed by atoms with Crippen LogP contribution >= 0.6 is 35.6 Å². The van der Waals surface area contributed by atoms with Gasteiger partial charge in [-0.25, -0.2) is 4.68 Å². The lowest BCUT2D eigenvalue weighted by atomic mass is 10.0. The third-order valence-corrected chi connectivity index (χ3v) is 5.34. The lowest BCUT2D eigenvalue weighted by molar-refractivity contribution is 0.0913. The second-order valence-electron chi connectivity index (χ2n) is 8.75. The molecule has 0 saturated heterocycles. The number of hydrogen-bond donors (Lipinski definition) is 2. The number of rotatable bonds is 6. The zero-order valence-corrected chi connectivity index (χ0v) is 22.4. The first-order valence-electron chi connectivity index (χ1n) is 10.9. The third kappa shape index (κ3) is 7.47. The summed E-state index contributed by atoms with van der Waals surface area (Å²) >= 11 is 12.8. The van der Waals surface area contributed by atoms with Crippen LogP contribution in [0.3, 0.4) is 0 Å². The fourth-order valence-corrected chi connectivity index (χ4v) is 3.72. The SMILES string of the molecule is Cc1c(C(=O)NC(C)(C)C)nn(-c2ccc(C#CCOCCN)cc2Cl)c1-c1ccc(Cl)cc1.Cl. The van der Waals surface area contributed by atoms with Crippen molar-refractivity contribution < 1.29 is 9.53 Å². The van der Waals surface area contributed by atoms with E-state index in [4.69, 9.17) is 33.7 Å². The van der Waals surface area contributed by atoms with E-state index in [-0.39, 0.29) is 18.3 Å². The zero-order chi connectivity index (χ0) is 24.9. The molecule has 6 nitrogen and oxygen atoms in total. The molecule has 35 heavy (non-hydrogen) atoms. The zero-order valence-electron chi connectivity index (χ0n) is 20.1. The van der Waals surface area contributed by atoms with Crippen molar-refractivity contribution in [2.24, 2.45) is 5.73 Å². The van der Waals surface area contributed by atoms with Crippen LogP contribution in [0.15, 0.2) is 42.5 Å². The molecule has 0 spiro atoms. The molecular weight excluding hydrogens is 507 g/mol. The van der Waals surface area contributed by atoms with E-state index < -0.39 is 5.54 Å². The van der Waals surface area contributed by atoms with Crippen LogP contribution in [0.2, 0.25) is 10.0 Å². The topological polar surface area (TPSA) is 82.2 Å². The number of nitrogens with one attached hydrogen (secondary N) is 1. The number of carbonyl (C=O) groups excluding carboxylic acids is 1. The number of ether oxygens (including phenoxy) is 1. The Morgan fingerprint density at radius 2 is 1.86 bits per heavy atom. The highest BCUT2D eigenvalue weighted by Crippen LogP contribution is 2.32. The summed E-state index contributed by atoms with van der Waals surface area (Å²) in [5, 5.41) is 8.73. The van der Waals surface area contributed by atoms with Gasteiger partial charge in [0.05, 0.1) is 23.0 Å². The van der Waals surface area contributed by atoms with Crippen molar-refractivity contribution in [2.75, 3.05) is 19.8 Å². The molecule has 0 atom stereocenters. The van der Waals surface area contributed by atoms with Crippen molar-refractivity contribution in [1.29, 1.82) is 0 Å². The number of carbonyl (C=O) groups is 1. The quantitative estimate of drug-likeness (QED) is 0.326. The highest BCUT2D eigenvalue weighted by atomic mass is 35.5. The first-order chi connectivity index (χ1) is 16.1. The molecule has 3 rings (SSSR count). The van der Waals surface area contributed by atoms with Gasteiger partial charge in [0.25, 0.3) is 5.91 Å². The molecule has 0 aliphatic heterocycles. The number of nitrogens with two attached hydrogens (primary N) is 1. The fourth-order valence-electron chi connectivity index (χ4n) is 3.33. The molecule has 0 bridgehead atoms. The predicted molar refractivity (Wildman–Crippen MR) is 145 cm³/mol. The molecule has 1 aromatic heterocycles. The van der Waals surface area contributed by atoms with Crippen LogP contribution < -0.4 is 11.1 Å². The summed E-state index contributed by atoms with van der Waals surface area (Å²) < 4.78 is 6.98. The Hall–Kier alpha value is -2.53. The van der Waals surface area contributed by atoms with Crippen LogP contribution in [0.5, 0.6) is 0 Å². The summed E-state index contributed by atoms with van der Waals surface area (Å²) in [7, 11) is 0. The van der Waals surface area contributed by atoms with Crippen LogP contribution in [-0.2, 0) is 4.74 Å². The lowest BCUT2D eigenvalue weighted by Gasteiger charge is -2.19. The Morgan fingerprint density at radius 3 is 2.46 bits per heavy atom. The van der Waals surface area contributed by atoms with Gasteiger partial charge in [0.15, 0.2) is 5.69 Å². The highest BCUT2D eigenvalue weighted by Gasteiger charge is 2.25. The summed E-state index contributed by atoms with van der Waals surface area (Å²) in [5.41, 5.74) is 9.07. The Morgan fingerprint density at radius 1 is 1.17 bits per heavy atom. The van der Waals surface area contributed by atoms with Crippen LogP contribution in [0.4, 0.5) is 0 Å². The molecule has 0 saturated carbocycles. The van der Waals surface area contributed by atoms with E-state index in [9.17, 15) is 4.79 Å². The van der Waals surface area contributed by atoms with Gasteiger partial charge in [0.2, 0.25) is 0 Å². The number of benzene rings is 2. The van der Waals surface area contributed by atoms with E-state index in [1.807, 2.05) is 52.0 Å². The molecule has 0 aliphatic carbocycles. The lowest BCUT2D eigenvalue weighted by Crippen LogP contribution is -2.41.